The Morgan fingerprint density at radius 1 is 0.908 bits per heavy atom. The highest BCUT2D eigenvalue weighted by molar-refractivity contribution is 5.74. The Kier molecular flexibility index (Phi) is 23.7. The smallest absolute Gasteiger partial charge is 0.311 e. The van der Waals surface area contributed by atoms with Crippen LogP contribution >= 0.6 is 0 Å². The van der Waals surface area contributed by atoms with Crippen LogP contribution in [0, 0.1) is 17.8 Å². The maximum absolute atomic E-state index is 14.5. The van der Waals surface area contributed by atoms with Crippen molar-refractivity contribution in [3.63, 3.8) is 0 Å². The predicted molar refractivity (Wildman–Crippen MR) is 284 cm³/mol. The van der Waals surface area contributed by atoms with Gasteiger partial charge in [0.05, 0.1) is 47.7 Å². The van der Waals surface area contributed by atoms with Crippen LogP contribution in [0.25, 0.3) is 11.3 Å². The fraction of sp³-hybridized carbons (Fsp3) is 0.821. The summed E-state index contributed by atoms with van der Waals surface area (Å²) in [5.41, 5.74) is -0.131. The second-order valence-electron chi connectivity index (χ2n) is 23.4. The molecule has 5 rings (SSSR count). The molecule has 0 unspecified atom stereocenters. The lowest BCUT2D eigenvalue weighted by Gasteiger charge is -2.49. The van der Waals surface area contributed by atoms with Crippen molar-refractivity contribution in [1.29, 1.82) is 0 Å². The number of aliphatic hydroxyl groups excluding tert-OH is 3. The van der Waals surface area contributed by atoms with Gasteiger partial charge in [-0.25, -0.2) is 5.48 Å². The number of rotatable bonds is 20. The van der Waals surface area contributed by atoms with Crippen LogP contribution in [0.3, 0.4) is 0 Å². The highest BCUT2D eigenvalue weighted by Crippen LogP contribution is 2.40. The van der Waals surface area contributed by atoms with Crippen molar-refractivity contribution in [3.8, 4) is 11.3 Å². The molecule has 0 radical (unpaired) electrons. The van der Waals surface area contributed by atoms with Gasteiger partial charge in [0, 0.05) is 63.2 Å². The fourth-order valence-corrected chi connectivity index (χ4v) is 11.9. The first-order valence-electron chi connectivity index (χ1n) is 28.0. The molecule has 7 N–H and O–H groups in total. The van der Waals surface area contributed by atoms with Crippen LogP contribution in [-0.2, 0) is 51.1 Å². The van der Waals surface area contributed by atoms with Crippen molar-refractivity contribution in [3.05, 3.63) is 36.0 Å². The molecule has 3 aliphatic heterocycles. The quantitative estimate of drug-likeness (QED) is 0.0381. The van der Waals surface area contributed by atoms with Gasteiger partial charge in [-0.3, -0.25) is 24.4 Å². The van der Waals surface area contributed by atoms with E-state index in [9.17, 15) is 35.1 Å². The molecule has 3 fully saturated rings. The van der Waals surface area contributed by atoms with E-state index in [2.05, 4.69) is 15.2 Å². The van der Waals surface area contributed by atoms with Crippen LogP contribution in [0.15, 0.2) is 30.5 Å². The Labute approximate surface area is 452 Å². The Balaban J connectivity index is 1.35. The molecule has 20 nitrogen and oxygen atoms in total. The summed E-state index contributed by atoms with van der Waals surface area (Å²) in [6.45, 7) is 19.3. The van der Waals surface area contributed by atoms with Crippen LogP contribution in [0.5, 0.6) is 0 Å². The number of cyclic esters (lactones) is 1. The third kappa shape index (κ3) is 16.4. The standard InChI is InChI=1S/C56H96N6O14/c1-14-44-56(10,69)49(65)38(6)60(11)31-34(2)29-54(8,68)51(36(4)48(37(5)52(67)74-44)75-46-30-55(9,71-13)50(66)39(7)73-46)76-53-47(64)43(28-35(3)72-53)61(12)32-40-23-25-41(26-24-40)42-33-62(59-57-42)27-21-19-17-15-16-18-20-22-45(63)58-70/h23-26,33-39,43-44,46-51,53,64-66,68-70H,14-22,27-32H2,1-13H3,(H,58,63)/t34-,35-,36+,37-,38-,39+,43+,44-,46+,47-,48+,49-,50+,51-,53+,54-,55-,56-/m1/s1. The maximum atomic E-state index is 14.5. The molecule has 0 aliphatic carbocycles. The molecule has 0 bridgehead atoms. The van der Waals surface area contributed by atoms with Gasteiger partial charge in [-0.15, -0.1) is 5.10 Å². The van der Waals surface area contributed by atoms with E-state index in [0.717, 1.165) is 68.3 Å². The topological polar surface area (TPSA) is 260 Å². The van der Waals surface area contributed by atoms with Crippen LogP contribution < -0.4 is 5.48 Å². The predicted octanol–water partition coefficient (Wildman–Crippen LogP) is 5.36. The summed E-state index contributed by atoms with van der Waals surface area (Å²) in [7, 11) is 5.30. The van der Waals surface area contributed by atoms with Crippen molar-refractivity contribution >= 4 is 11.9 Å². The molecule has 1 aromatic heterocycles. The summed E-state index contributed by atoms with van der Waals surface area (Å²) in [6, 6.07) is 7.13. The van der Waals surface area contributed by atoms with Gasteiger partial charge < -0.3 is 58.9 Å². The number of nitrogens with zero attached hydrogens (tertiary/aromatic N) is 5. The summed E-state index contributed by atoms with van der Waals surface area (Å²) in [5.74, 6) is -3.12. The first-order chi connectivity index (χ1) is 35.8. The Morgan fingerprint density at radius 3 is 2.18 bits per heavy atom. The van der Waals surface area contributed by atoms with Gasteiger partial charge in [0.25, 0.3) is 0 Å². The van der Waals surface area contributed by atoms with Crippen molar-refractivity contribution < 1.29 is 68.8 Å². The summed E-state index contributed by atoms with van der Waals surface area (Å²) >= 11 is 0. The van der Waals surface area contributed by atoms with Crippen LogP contribution in [0.4, 0.5) is 0 Å². The molecule has 1 aromatic carbocycles. The molecule has 434 valence electrons. The van der Waals surface area contributed by atoms with Gasteiger partial charge in [-0.05, 0) is 106 Å². The number of esters is 1. The average Bonchev–Trinajstić information content (AvgIpc) is 3.85. The number of carbonyl (C=O) groups is 2. The lowest BCUT2D eigenvalue weighted by Crippen LogP contribution is -2.60. The van der Waals surface area contributed by atoms with Crippen LogP contribution in [0.2, 0.25) is 0 Å². The fourth-order valence-electron chi connectivity index (χ4n) is 11.9. The number of hydrogen-bond donors (Lipinski definition) is 7. The number of carbonyl (C=O) groups excluding carboxylic acids is 2. The molecular formula is C56H96N6O14. The maximum Gasteiger partial charge on any atom is 0.311 e. The highest BCUT2D eigenvalue weighted by Gasteiger charge is 2.53. The summed E-state index contributed by atoms with van der Waals surface area (Å²) in [6.07, 6.45) is 0.311. The third-order valence-corrected chi connectivity index (χ3v) is 16.7. The van der Waals surface area contributed by atoms with Crippen molar-refractivity contribution in [1.82, 2.24) is 30.3 Å². The zero-order valence-electron chi connectivity index (χ0n) is 47.8. The van der Waals surface area contributed by atoms with Crippen molar-refractivity contribution in [2.75, 3.05) is 27.7 Å². The largest absolute Gasteiger partial charge is 0.459 e. The van der Waals surface area contributed by atoms with Gasteiger partial charge in [0.1, 0.15) is 35.7 Å². The highest BCUT2D eigenvalue weighted by atomic mass is 16.7. The van der Waals surface area contributed by atoms with E-state index >= 15 is 0 Å². The number of nitrogens with one attached hydrogen (secondary N) is 1. The molecule has 3 aliphatic rings. The molecular weight excluding hydrogens is 981 g/mol. The molecule has 0 spiro atoms. The lowest BCUT2D eigenvalue weighted by molar-refractivity contribution is -0.318. The molecule has 1 amide bonds. The van der Waals surface area contributed by atoms with Gasteiger partial charge in [-0.1, -0.05) is 82.4 Å². The monoisotopic (exact) mass is 1080 g/mol. The van der Waals surface area contributed by atoms with Crippen LogP contribution in [-0.4, -0.2) is 185 Å². The second-order valence-corrected chi connectivity index (χ2v) is 23.4. The number of aromatic nitrogens is 3. The van der Waals surface area contributed by atoms with E-state index in [1.54, 1.807) is 47.0 Å². The van der Waals surface area contributed by atoms with Crippen LogP contribution in [0.1, 0.15) is 152 Å². The normalized spacial score (nSPS) is 37.6. The lowest BCUT2D eigenvalue weighted by atomic mass is 9.77. The zero-order valence-corrected chi connectivity index (χ0v) is 47.8. The van der Waals surface area contributed by atoms with Gasteiger partial charge in [0.2, 0.25) is 5.91 Å². The molecule has 4 heterocycles. The van der Waals surface area contributed by atoms with E-state index in [1.807, 2.05) is 74.9 Å². The minimum absolute atomic E-state index is 0.101. The number of benzene rings is 1. The van der Waals surface area contributed by atoms with E-state index in [1.165, 1.54) is 14.0 Å². The number of hydrogen-bond acceptors (Lipinski definition) is 18. The number of aliphatic hydroxyl groups is 5. The first-order valence-corrected chi connectivity index (χ1v) is 28.0. The minimum Gasteiger partial charge on any atom is -0.459 e. The van der Waals surface area contributed by atoms with E-state index < -0.39 is 102 Å². The first kappa shape index (κ1) is 63.6. The third-order valence-electron chi connectivity index (χ3n) is 16.7. The summed E-state index contributed by atoms with van der Waals surface area (Å²) < 4.78 is 40.3. The zero-order chi connectivity index (χ0) is 56.3. The number of aryl methyl sites for hydroxylation is 1. The van der Waals surface area contributed by atoms with E-state index in [-0.39, 0.29) is 37.2 Å². The Morgan fingerprint density at radius 2 is 1.55 bits per heavy atom. The molecule has 18 atom stereocenters. The number of methoxy groups -OCH3 is 1. The van der Waals surface area contributed by atoms with E-state index in [0.29, 0.717) is 25.9 Å². The number of ether oxygens (including phenoxy) is 6. The number of likely N-dealkylation sites (N-methyl/N-ethyl adjacent to an activating group) is 2. The Bertz CT molecular complexity index is 2080. The van der Waals surface area contributed by atoms with Crippen molar-refractivity contribution in [2.45, 2.75) is 250 Å². The average molecular weight is 1080 g/mol. The number of unbranched alkanes of at least 4 members (excludes halogenated alkanes) is 6. The van der Waals surface area contributed by atoms with Crippen molar-refractivity contribution in [2.24, 2.45) is 17.8 Å². The molecule has 20 heteroatoms. The SMILES string of the molecule is CC[C@H]1OC(=O)[C@H](C)[C@@H](O[C@H]2C[C@@](C)(OC)[C@@H](O)[C@H](C)O2)[C@H](C)[C@@H](O[C@@H]2O[C@H](C)C[C@H](N(C)Cc3ccc(-c4cn(CCCCCCCCCC(=O)NO)nn4)cc3)[C@H]2O)[C@](C)(O)C[C@@H](C)CN(C)[C@H](C)[C@@H](O)[C@]1(C)O. The minimum atomic E-state index is -1.84. The molecule has 3 saturated heterocycles. The number of amides is 1. The van der Waals surface area contributed by atoms with Gasteiger partial charge in [0.15, 0.2) is 12.6 Å². The van der Waals surface area contributed by atoms with E-state index in [4.69, 9.17) is 33.6 Å². The Hall–Kier alpha value is -3.22. The van der Waals surface area contributed by atoms with Gasteiger partial charge >= 0.3 is 5.97 Å². The summed E-state index contributed by atoms with van der Waals surface area (Å²) in [4.78, 5) is 29.7. The number of hydroxylamine groups is 1. The molecule has 76 heavy (non-hydrogen) atoms. The second kappa shape index (κ2) is 28.3. The molecule has 0 saturated carbocycles. The summed E-state index contributed by atoms with van der Waals surface area (Å²) in [5, 5.41) is 77.3. The molecule has 2 aromatic rings. The van der Waals surface area contributed by atoms with Gasteiger partial charge in [-0.2, -0.15) is 0 Å².